The smallest absolute Gasteiger partial charge is 0.276 e. The molecule has 6 heteroatoms. The van der Waals surface area contributed by atoms with Crippen LogP contribution in [0.2, 0.25) is 0 Å². The number of aliphatic hydroxyl groups is 1. The highest BCUT2D eigenvalue weighted by molar-refractivity contribution is 5.93. The number of aromatic nitrogens is 1. The average Bonchev–Trinajstić information content (AvgIpc) is 2.36. The number of halogens is 2. The largest absolute Gasteiger partial charge is 0.393 e. The SMILES string of the molecule is O=C(c1ncc(F)cc1F)N1[C@@H]2CCC[C@H]1CC(O)C2. The first-order chi connectivity index (χ1) is 9.56. The lowest BCUT2D eigenvalue weighted by Gasteiger charge is -2.47. The van der Waals surface area contributed by atoms with Crippen LogP contribution in [-0.2, 0) is 0 Å². The second-order valence-electron chi connectivity index (χ2n) is 5.56. The van der Waals surface area contributed by atoms with Gasteiger partial charge >= 0.3 is 0 Å². The molecule has 20 heavy (non-hydrogen) atoms. The molecule has 1 amide bonds. The minimum absolute atomic E-state index is 0.0729. The van der Waals surface area contributed by atoms with Crippen molar-refractivity contribution in [2.75, 3.05) is 0 Å². The van der Waals surface area contributed by atoms with Crippen molar-refractivity contribution in [3.05, 3.63) is 29.6 Å². The molecule has 108 valence electrons. The Kier molecular flexibility index (Phi) is 3.41. The Morgan fingerprint density at radius 2 is 1.95 bits per heavy atom. The number of hydrogen-bond donors (Lipinski definition) is 1. The highest BCUT2D eigenvalue weighted by atomic mass is 19.1. The molecule has 3 rings (SSSR count). The standard InChI is InChI=1S/C14H16F2N2O2/c15-8-4-12(16)13(17-7-8)14(20)18-9-2-1-3-10(18)6-11(19)5-9/h4,7,9-11,19H,1-3,5-6H2/t9-,10+,11?. The molecule has 1 N–H and O–H groups in total. The van der Waals surface area contributed by atoms with E-state index in [0.29, 0.717) is 18.9 Å². The molecule has 1 aromatic rings. The average molecular weight is 282 g/mol. The summed E-state index contributed by atoms with van der Waals surface area (Å²) in [6.45, 7) is 0. The maximum atomic E-state index is 13.7. The third-order valence-electron chi connectivity index (χ3n) is 4.19. The summed E-state index contributed by atoms with van der Waals surface area (Å²) in [4.78, 5) is 17.7. The Bertz CT molecular complexity index is 524. The summed E-state index contributed by atoms with van der Waals surface area (Å²) in [7, 11) is 0. The van der Waals surface area contributed by atoms with Crippen LogP contribution < -0.4 is 0 Å². The number of carbonyl (C=O) groups excluding carboxylic acids is 1. The van der Waals surface area contributed by atoms with Crippen molar-refractivity contribution in [2.45, 2.75) is 50.3 Å². The molecule has 4 nitrogen and oxygen atoms in total. The van der Waals surface area contributed by atoms with Gasteiger partial charge in [0.15, 0.2) is 11.5 Å². The van der Waals surface area contributed by atoms with Gasteiger partial charge < -0.3 is 10.0 Å². The van der Waals surface area contributed by atoms with Crippen molar-refractivity contribution in [2.24, 2.45) is 0 Å². The second-order valence-corrected chi connectivity index (χ2v) is 5.56. The van der Waals surface area contributed by atoms with Gasteiger partial charge in [-0.3, -0.25) is 4.79 Å². The molecule has 0 radical (unpaired) electrons. The van der Waals surface area contributed by atoms with Gasteiger partial charge in [0.2, 0.25) is 0 Å². The monoisotopic (exact) mass is 282 g/mol. The van der Waals surface area contributed by atoms with Crippen LogP contribution in [0.1, 0.15) is 42.6 Å². The number of aliphatic hydroxyl groups excluding tert-OH is 1. The third-order valence-corrected chi connectivity index (χ3v) is 4.19. The summed E-state index contributed by atoms with van der Waals surface area (Å²) >= 11 is 0. The van der Waals surface area contributed by atoms with E-state index in [1.165, 1.54) is 0 Å². The highest BCUT2D eigenvalue weighted by Gasteiger charge is 2.41. The molecule has 0 aromatic carbocycles. The lowest BCUT2D eigenvalue weighted by molar-refractivity contribution is -0.0156. The number of rotatable bonds is 1. The number of piperidine rings is 2. The first-order valence-corrected chi connectivity index (χ1v) is 6.88. The van der Waals surface area contributed by atoms with E-state index in [9.17, 15) is 18.7 Å². The van der Waals surface area contributed by atoms with Crippen LogP contribution in [-0.4, -0.2) is 39.1 Å². The Balaban J connectivity index is 1.89. The van der Waals surface area contributed by atoms with E-state index in [-0.39, 0.29) is 17.8 Å². The lowest BCUT2D eigenvalue weighted by Crippen LogP contribution is -2.56. The third kappa shape index (κ3) is 2.28. The second kappa shape index (κ2) is 5.09. The molecule has 2 fully saturated rings. The van der Waals surface area contributed by atoms with Gasteiger partial charge in [-0.15, -0.1) is 0 Å². The molecule has 3 heterocycles. The molecular formula is C14H16F2N2O2. The molecule has 0 saturated carbocycles. The zero-order chi connectivity index (χ0) is 14.3. The van der Waals surface area contributed by atoms with Crippen LogP contribution in [0.5, 0.6) is 0 Å². The van der Waals surface area contributed by atoms with E-state index in [0.717, 1.165) is 25.5 Å². The van der Waals surface area contributed by atoms with Crippen molar-refractivity contribution >= 4 is 5.91 Å². The normalized spacial score (nSPS) is 29.4. The van der Waals surface area contributed by atoms with E-state index in [1.54, 1.807) is 4.90 Å². The summed E-state index contributed by atoms with van der Waals surface area (Å²) in [5.74, 6) is -2.23. The fraction of sp³-hybridized carbons (Fsp3) is 0.571. The van der Waals surface area contributed by atoms with E-state index >= 15 is 0 Å². The summed E-state index contributed by atoms with van der Waals surface area (Å²) < 4.78 is 26.6. The Hall–Kier alpha value is -1.56. The van der Waals surface area contributed by atoms with Gasteiger partial charge in [-0.1, -0.05) is 0 Å². The van der Waals surface area contributed by atoms with Crippen LogP contribution in [0.3, 0.4) is 0 Å². The van der Waals surface area contributed by atoms with Crippen LogP contribution in [0.4, 0.5) is 8.78 Å². The topological polar surface area (TPSA) is 53.4 Å². The maximum absolute atomic E-state index is 13.7. The number of fused-ring (bicyclic) bond motifs is 2. The molecule has 1 aromatic heterocycles. The molecular weight excluding hydrogens is 266 g/mol. The summed E-state index contributed by atoms with van der Waals surface area (Å²) in [5.41, 5.74) is -0.334. The van der Waals surface area contributed by atoms with Gasteiger partial charge in [-0.25, -0.2) is 13.8 Å². The van der Waals surface area contributed by atoms with Gasteiger partial charge in [0.05, 0.1) is 12.3 Å². The van der Waals surface area contributed by atoms with Gasteiger partial charge in [0.1, 0.15) is 5.82 Å². The zero-order valence-corrected chi connectivity index (χ0v) is 10.9. The summed E-state index contributed by atoms with van der Waals surface area (Å²) in [5, 5.41) is 9.80. The Morgan fingerprint density at radius 1 is 1.30 bits per heavy atom. The molecule has 3 atom stereocenters. The van der Waals surface area contributed by atoms with Gasteiger partial charge in [0, 0.05) is 18.2 Å². The molecule has 2 saturated heterocycles. The fourth-order valence-electron chi connectivity index (χ4n) is 3.38. The van der Waals surface area contributed by atoms with Crippen LogP contribution >= 0.6 is 0 Å². The molecule has 0 aliphatic carbocycles. The van der Waals surface area contributed by atoms with E-state index in [4.69, 9.17) is 0 Å². The Labute approximate surface area is 115 Å². The van der Waals surface area contributed by atoms with Crippen LogP contribution in [0, 0.1) is 11.6 Å². The van der Waals surface area contributed by atoms with Crippen molar-refractivity contribution < 1.29 is 18.7 Å². The van der Waals surface area contributed by atoms with E-state index in [2.05, 4.69) is 4.98 Å². The number of carbonyl (C=O) groups is 1. The van der Waals surface area contributed by atoms with Gasteiger partial charge in [-0.05, 0) is 32.1 Å². The van der Waals surface area contributed by atoms with E-state index in [1.807, 2.05) is 0 Å². The van der Waals surface area contributed by atoms with Crippen molar-refractivity contribution in [1.29, 1.82) is 0 Å². The zero-order valence-electron chi connectivity index (χ0n) is 10.9. The number of pyridine rings is 1. The van der Waals surface area contributed by atoms with E-state index < -0.39 is 23.6 Å². The predicted molar refractivity (Wildman–Crippen MR) is 67.0 cm³/mol. The first-order valence-electron chi connectivity index (χ1n) is 6.88. The van der Waals surface area contributed by atoms with Gasteiger partial charge in [0.25, 0.3) is 5.91 Å². The molecule has 2 bridgehead atoms. The number of nitrogens with zero attached hydrogens (tertiary/aromatic N) is 2. The van der Waals surface area contributed by atoms with Crippen LogP contribution in [0.25, 0.3) is 0 Å². The predicted octanol–water partition coefficient (Wildman–Crippen LogP) is 1.88. The fourth-order valence-corrected chi connectivity index (χ4v) is 3.38. The van der Waals surface area contributed by atoms with Crippen molar-refractivity contribution in [3.63, 3.8) is 0 Å². The minimum atomic E-state index is -0.931. The molecule has 2 aliphatic heterocycles. The number of hydrogen-bond acceptors (Lipinski definition) is 3. The molecule has 1 unspecified atom stereocenters. The number of amides is 1. The Morgan fingerprint density at radius 3 is 2.55 bits per heavy atom. The maximum Gasteiger partial charge on any atom is 0.276 e. The lowest BCUT2D eigenvalue weighted by atomic mass is 9.82. The molecule has 2 aliphatic rings. The molecule has 0 spiro atoms. The minimum Gasteiger partial charge on any atom is -0.393 e. The van der Waals surface area contributed by atoms with Crippen molar-refractivity contribution in [1.82, 2.24) is 9.88 Å². The summed E-state index contributed by atoms with van der Waals surface area (Å²) in [6, 6.07) is 0.530. The summed E-state index contributed by atoms with van der Waals surface area (Å²) in [6.07, 6.45) is 4.11. The first kappa shape index (κ1) is 13.4. The quantitative estimate of drug-likeness (QED) is 0.855. The van der Waals surface area contributed by atoms with Crippen LogP contribution in [0.15, 0.2) is 12.3 Å². The van der Waals surface area contributed by atoms with Gasteiger partial charge in [-0.2, -0.15) is 0 Å². The highest BCUT2D eigenvalue weighted by Crippen LogP contribution is 2.35. The van der Waals surface area contributed by atoms with Crippen molar-refractivity contribution in [3.8, 4) is 0 Å².